The van der Waals surface area contributed by atoms with Gasteiger partial charge in [-0.1, -0.05) is 6.07 Å². The van der Waals surface area contributed by atoms with Gasteiger partial charge in [0.25, 0.3) is 0 Å². The zero-order valence-corrected chi connectivity index (χ0v) is 11.8. The summed E-state index contributed by atoms with van der Waals surface area (Å²) in [6.07, 6.45) is 2.54. The van der Waals surface area contributed by atoms with Gasteiger partial charge in [0.05, 0.1) is 16.7 Å². The molecule has 1 unspecified atom stereocenters. The molecule has 0 radical (unpaired) electrons. The summed E-state index contributed by atoms with van der Waals surface area (Å²) < 4.78 is 0. The summed E-state index contributed by atoms with van der Waals surface area (Å²) in [7, 11) is 0. The number of hydrogen-bond donors (Lipinski definition) is 1. The van der Waals surface area contributed by atoms with Gasteiger partial charge in [-0.25, -0.2) is 0 Å². The molecular formula is C14H16N2O2S. The largest absolute Gasteiger partial charge is 0.481 e. The van der Waals surface area contributed by atoms with Crippen LogP contribution in [0.5, 0.6) is 0 Å². The highest BCUT2D eigenvalue weighted by Gasteiger charge is 2.41. The van der Waals surface area contributed by atoms with Crippen LogP contribution in [0.15, 0.2) is 23.1 Å². The van der Waals surface area contributed by atoms with E-state index in [9.17, 15) is 15.2 Å². The minimum atomic E-state index is -0.769. The third-order valence-electron chi connectivity index (χ3n) is 3.67. The molecule has 1 atom stereocenters. The van der Waals surface area contributed by atoms with Crippen molar-refractivity contribution < 1.29 is 9.90 Å². The van der Waals surface area contributed by atoms with Crippen LogP contribution in [0, 0.1) is 16.7 Å². The molecule has 1 fully saturated rings. The highest BCUT2D eigenvalue weighted by molar-refractivity contribution is 7.98. The number of carboxylic acids is 1. The van der Waals surface area contributed by atoms with E-state index >= 15 is 0 Å². The van der Waals surface area contributed by atoms with Crippen molar-refractivity contribution in [3.8, 4) is 6.07 Å². The van der Waals surface area contributed by atoms with Crippen LogP contribution in [-0.2, 0) is 4.79 Å². The van der Waals surface area contributed by atoms with E-state index in [1.165, 1.54) is 11.8 Å². The Labute approximate surface area is 117 Å². The Morgan fingerprint density at radius 2 is 2.32 bits per heavy atom. The maximum absolute atomic E-state index is 11.3. The number of nitriles is 1. The van der Waals surface area contributed by atoms with Crippen LogP contribution in [0.3, 0.4) is 0 Å². The zero-order chi connectivity index (χ0) is 14.0. The van der Waals surface area contributed by atoms with Gasteiger partial charge in [0.15, 0.2) is 0 Å². The average molecular weight is 276 g/mol. The van der Waals surface area contributed by atoms with Crippen molar-refractivity contribution in [2.24, 2.45) is 5.41 Å². The first-order chi connectivity index (χ1) is 9.01. The number of thioether (sulfide) groups is 1. The third-order valence-corrected chi connectivity index (χ3v) is 4.45. The third kappa shape index (κ3) is 2.41. The molecule has 0 amide bonds. The minimum Gasteiger partial charge on any atom is -0.481 e. The number of anilines is 1. The molecule has 0 aliphatic carbocycles. The van der Waals surface area contributed by atoms with Crippen LogP contribution in [0.4, 0.5) is 5.69 Å². The van der Waals surface area contributed by atoms with Gasteiger partial charge >= 0.3 is 5.97 Å². The lowest BCUT2D eigenvalue weighted by Gasteiger charge is -2.23. The van der Waals surface area contributed by atoms with Crippen LogP contribution in [0.1, 0.15) is 18.9 Å². The fourth-order valence-corrected chi connectivity index (χ4v) is 2.98. The van der Waals surface area contributed by atoms with E-state index in [1.807, 2.05) is 29.4 Å². The van der Waals surface area contributed by atoms with Gasteiger partial charge in [0.2, 0.25) is 0 Å². The van der Waals surface area contributed by atoms with Crippen molar-refractivity contribution >= 4 is 23.4 Å². The lowest BCUT2D eigenvalue weighted by molar-refractivity contribution is -0.146. The minimum absolute atomic E-state index is 0.453. The van der Waals surface area contributed by atoms with Crippen LogP contribution < -0.4 is 4.90 Å². The Balaban J connectivity index is 2.35. The summed E-state index contributed by atoms with van der Waals surface area (Å²) in [5, 5.41) is 18.6. The monoisotopic (exact) mass is 276 g/mol. The number of nitrogens with zero attached hydrogens (tertiary/aromatic N) is 2. The van der Waals surface area contributed by atoms with Crippen LogP contribution in [0.2, 0.25) is 0 Å². The second kappa shape index (κ2) is 5.14. The number of carbonyl (C=O) groups is 1. The molecule has 5 heteroatoms. The maximum atomic E-state index is 11.3. The highest BCUT2D eigenvalue weighted by Crippen LogP contribution is 2.36. The van der Waals surface area contributed by atoms with Gasteiger partial charge in [0, 0.05) is 18.0 Å². The molecule has 0 bridgehead atoms. The van der Waals surface area contributed by atoms with Gasteiger partial charge in [-0.15, -0.1) is 11.8 Å². The molecule has 1 aromatic carbocycles. The van der Waals surface area contributed by atoms with Crippen molar-refractivity contribution in [1.82, 2.24) is 0 Å². The van der Waals surface area contributed by atoms with Crippen LogP contribution >= 0.6 is 11.8 Å². The van der Waals surface area contributed by atoms with E-state index in [0.29, 0.717) is 25.1 Å². The first-order valence-corrected chi connectivity index (χ1v) is 7.30. The molecule has 1 N–H and O–H groups in total. The second-order valence-electron chi connectivity index (χ2n) is 5.00. The summed E-state index contributed by atoms with van der Waals surface area (Å²) in [6, 6.07) is 7.96. The van der Waals surface area contributed by atoms with E-state index in [2.05, 4.69) is 6.07 Å². The Morgan fingerprint density at radius 3 is 2.84 bits per heavy atom. The predicted octanol–water partition coefficient (Wildman–Crippen LogP) is 2.58. The molecular weight excluding hydrogens is 260 g/mol. The fraction of sp³-hybridized carbons (Fsp3) is 0.429. The number of benzene rings is 1. The normalized spacial score (nSPS) is 22.3. The summed E-state index contributed by atoms with van der Waals surface area (Å²) in [4.78, 5) is 14.2. The Morgan fingerprint density at radius 1 is 1.58 bits per heavy atom. The molecule has 0 spiro atoms. The maximum Gasteiger partial charge on any atom is 0.311 e. The summed E-state index contributed by atoms with van der Waals surface area (Å²) in [5.74, 6) is -0.769. The number of rotatable bonds is 3. The molecule has 0 saturated carbocycles. The van der Waals surface area contributed by atoms with E-state index in [0.717, 1.165) is 10.6 Å². The molecule has 1 aromatic rings. The van der Waals surface area contributed by atoms with Gasteiger partial charge < -0.3 is 10.0 Å². The Kier molecular flexibility index (Phi) is 3.72. The summed E-state index contributed by atoms with van der Waals surface area (Å²) in [5.41, 5.74) is 0.770. The lowest BCUT2D eigenvalue weighted by Crippen LogP contribution is -2.32. The number of hydrogen-bond acceptors (Lipinski definition) is 4. The lowest BCUT2D eigenvalue weighted by atomic mass is 9.90. The van der Waals surface area contributed by atoms with E-state index in [4.69, 9.17) is 0 Å². The summed E-state index contributed by atoms with van der Waals surface area (Å²) in [6.45, 7) is 2.89. The van der Waals surface area contributed by atoms with Crippen molar-refractivity contribution in [2.45, 2.75) is 18.2 Å². The molecule has 0 aromatic heterocycles. The molecule has 1 aliphatic heterocycles. The molecule has 100 valence electrons. The quantitative estimate of drug-likeness (QED) is 0.860. The second-order valence-corrected chi connectivity index (χ2v) is 5.85. The van der Waals surface area contributed by atoms with Crippen molar-refractivity contribution in [2.75, 3.05) is 24.2 Å². The predicted molar refractivity (Wildman–Crippen MR) is 75.5 cm³/mol. The Bertz CT molecular complexity index is 553. The van der Waals surface area contributed by atoms with E-state index in [1.54, 1.807) is 6.92 Å². The first-order valence-electron chi connectivity index (χ1n) is 6.07. The van der Waals surface area contributed by atoms with Gasteiger partial charge in [0.1, 0.15) is 6.07 Å². The molecule has 19 heavy (non-hydrogen) atoms. The Hall–Kier alpha value is -1.67. The molecule has 4 nitrogen and oxygen atoms in total. The van der Waals surface area contributed by atoms with Gasteiger partial charge in [-0.05, 0) is 31.7 Å². The van der Waals surface area contributed by atoms with Gasteiger partial charge in [-0.3, -0.25) is 4.79 Å². The average Bonchev–Trinajstić information content (AvgIpc) is 2.81. The van der Waals surface area contributed by atoms with Crippen LogP contribution in [-0.4, -0.2) is 30.4 Å². The van der Waals surface area contributed by atoms with Gasteiger partial charge in [-0.2, -0.15) is 5.26 Å². The summed E-state index contributed by atoms with van der Waals surface area (Å²) >= 11 is 1.53. The SMILES string of the molecule is CSc1cccc(N2CCC(C)(C(=O)O)C2)c1C#N. The smallest absolute Gasteiger partial charge is 0.311 e. The van der Waals surface area contributed by atoms with Crippen molar-refractivity contribution in [3.63, 3.8) is 0 Å². The zero-order valence-electron chi connectivity index (χ0n) is 11.0. The van der Waals surface area contributed by atoms with E-state index in [-0.39, 0.29) is 0 Å². The number of aliphatic carboxylic acids is 1. The topological polar surface area (TPSA) is 64.3 Å². The molecule has 2 rings (SSSR count). The molecule has 1 aliphatic rings. The standard InChI is InChI=1S/C14H16N2O2S/c1-14(13(17)18)6-7-16(9-14)11-4-3-5-12(19-2)10(11)8-15/h3-5H,6-7,9H2,1-2H3,(H,17,18). The highest BCUT2D eigenvalue weighted by atomic mass is 32.2. The molecule has 1 saturated heterocycles. The molecule has 1 heterocycles. The van der Waals surface area contributed by atoms with E-state index < -0.39 is 11.4 Å². The van der Waals surface area contributed by atoms with Crippen LogP contribution in [0.25, 0.3) is 0 Å². The first kappa shape index (κ1) is 13.8. The fourth-order valence-electron chi connectivity index (χ4n) is 2.41. The van der Waals surface area contributed by atoms with Crippen molar-refractivity contribution in [3.05, 3.63) is 23.8 Å². The van der Waals surface area contributed by atoms with Crippen molar-refractivity contribution in [1.29, 1.82) is 5.26 Å². The number of carboxylic acid groups (broad SMARTS) is 1.